The molecule has 7 heteroatoms. The number of piperazine rings is 1. The number of nitrogens with zero attached hydrogens (tertiary/aromatic N) is 1. The summed E-state index contributed by atoms with van der Waals surface area (Å²) in [6, 6.07) is 3.61. The van der Waals surface area contributed by atoms with Gasteiger partial charge < -0.3 is 5.32 Å². The largest absolute Gasteiger partial charge is 0.314 e. The predicted octanol–water partition coefficient (Wildman–Crippen LogP) is 1.96. The highest BCUT2D eigenvalue weighted by molar-refractivity contribution is 9.10. The lowest BCUT2D eigenvalue weighted by molar-refractivity contribution is 0.219. The molecule has 0 amide bonds. The molecule has 2 rings (SSSR count). The van der Waals surface area contributed by atoms with Crippen LogP contribution in [0.15, 0.2) is 27.6 Å². The third kappa shape index (κ3) is 2.84. The maximum atomic E-state index is 13.9. The Labute approximate surface area is 121 Å². The summed E-state index contributed by atoms with van der Waals surface area (Å²) < 4.78 is 41.0. The molecule has 19 heavy (non-hydrogen) atoms. The Morgan fingerprint density at radius 3 is 2.42 bits per heavy atom. The summed E-state index contributed by atoms with van der Waals surface area (Å²) in [5.41, 5.74) is 0. The van der Waals surface area contributed by atoms with Gasteiger partial charge in [0.25, 0.3) is 0 Å². The Morgan fingerprint density at radius 2 is 1.89 bits per heavy atom. The second-order valence-electron chi connectivity index (χ2n) is 4.77. The first kappa shape index (κ1) is 14.9. The molecule has 0 aromatic heterocycles. The van der Waals surface area contributed by atoms with Gasteiger partial charge in [0.2, 0.25) is 10.0 Å². The lowest BCUT2D eigenvalue weighted by Crippen LogP contribution is -2.57. The van der Waals surface area contributed by atoms with Gasteiger partial charge in [0.1, 0.15) is 10.7 Å². The molecule has 0 bridgehead atoms. The van der Waals surface area contributed by atoms with Crippen molar-refractivity contribution in [2.75, 3.05) is 13.1 Å². The van der Waals surface area contributed by atoms with Gasteiger partial charge in [-0.25, -0.2) is 12.8 Å². The van der Waals surface area contributed by atoms with Crippen LogP contribution in [0.1, 0.15) is 13.8 Å². The van der Waals surface area contributed by atoms with Crippen LogP contribution >= 0.6 is 15.9 Å². The zero-order valence-corrected chi connectivity index (χ0v) is 13.1. The molecule has 0 saturated carbocycles. The standard InChI is InChI=1S/C12H16BrFN2O2S/c1-8-6-15-7-9(2)16(8)19(17,18)12-4-3-10(13)5-11(12)14/h3-5,8-9,15H,6-7H2,1-2H3. The molecule has 0 radical (unpaired) electrons. The lowest BCUT2D eigenvalue weighted by Gasteiger charge is -2.38. The third-order valence-corrected chi connectivity index (χ3v) is 5.85. The topological polar surface area (TPSA) is 49.4 Å². The van der Waals surface area contributed by atoms with Crippen molar-refractivity contribution in [1.82, 2.24) is 9.62 Å². The Hall–Kier alpha value is -0.500. The maximum absolute atomic E-state index is 13.9. The number of sulfonamides is 1. The molecule has 1 aromatic rings. The zero-order chi connectivity index (χ0) is 14.2. The molecule has 1 aromatic carbocycles. The van der Waals surface area contributed by atoms with Crippen LogP contribution in [-0.2, 0) is 10.0 Å². The van der Waals surface area contributed by atoms with E-state index in [1.807, 2.05) is 13.8 Å². The molecular formula is C12H16BrFN2O2S. The average molecular weight is 351 g/mol. The highest BCUT2D eigenvalue weighted by Gasteiger charge is 2.36. The molecule has 1 N–H and O–H groups in total. The highest BCUT2D eigenvalue weighted by atomic mass is 79.9. The average Bonchev–Trinajstić information content (AvgIpc) is 2.27. The van der Waals surface area contributed by atoms with Gasteiger partial charge in [-0.1, -0.05) is 15.9 Å². The second-order valence-corrected chi connectivity index (χ2v) is 7.49. The number of hydrogen-bond acceptors (Lipinski definition) is 3. The van der Waals surface area contributed by atoms with Crippen molar-refractivity contribution in [3.63, 3.8) is 0 Å². The van der Waals surface area contributed by atoms with Crippen LogP contribution < -0.4 is 5.32 Å². The van der Waals surface area contributed by atoms with E-state index in [2.05, 4.69) is 21.2 Å². The van der Waals surface area contributed by atoms with Crippen LogP contribution in [-0.4, -0.2) is 37.9 Å². The van der Waals surface area contributed by atoms with E-state index in [0.717, 1.165) is 0 Å². The fraction of sp³-hybridized carbons (Fsp3) is 0.500. The molecule has 0 spiro atoms. The fourth-order valence-electron chi connectivity index (χ4n) is 2.39. The van der Waals surface area contributed by atoms with Crippen LogP contribution in [0.4, 0.5) is 4.39 Å². The van der Waals surface area contributed by atoms with Crippen LogP contribution in [0.25, 0.3) is 0 Å². The van der Waals surface area contributed by atoms with Crippen molar-refractivity contribution in [3.05, 3.63) is 28.5 Å². The molecule has 1 heterocycles. The number of hydrogen-bond donors (Lipinski definition) is 1. The molecule has 2 unspecified atom stereocenters. The van der Waals surface area contributed by atoms with E-state index in [1.165, 1.54) is 22.5 Å². The number of rotatable bonds is 2. The van der Waals surface area contributed by atoms with E-state index >= 15 is 0 Å². The summed E-state index contributed by atoms with van der Waals surface area (Å²) in [6.07, 6.45) is 0. The van der Waals surface area contributed by atoms with Crippen molar-refractivity contribution in [3.8, 4) is 0 Å². The van der Waals surface area contributed by atoms with Crippen LogP contribution in [0, 0.1) is 5.82 Å². The summed E-state index contributed by atoms with van der Waals surface area (Å²) >= 11 is 3.12. The monoisotopic (exact) mass is 350 g/mol. The summed E-state index contributed by atoms with van der Waals surface area (Å²) in [7, 11) is -3.81. The normalized spacial score (nSPS) is 25.5. The number of benzene rings is 1. The molecule has 1 saturated heterocycles. The molecule has 2 atom stereocenters. The molecule has 1 fully saturated rings. The van der Waals surface area contributed by atoms with E-state index < -0.39 is 15.8 Å². The Morgan fingerprint density at radius 1 is 1.32 bits per heavy atom. The quantitative estimate of drug-likeness (QED) is 0.886. The van der Waals surface area contributed by atoms with Gasteiger partial charge in [0.05, 0.1) is 0 Å². The van der Waals surface area contributed by atoms with Crippen molar-refractivity contribution in [2.24, 2.45) is 0 Å². The minimum Gasteiger partial charge on any atom is -0.314 e. The van der Waals surface area contributed by atoms with Gasteiger partial charge >= 0.3 is 0 Å². The van der Waals surface area contributed by atoms with Gasteiger partial charge in [-0.2, -0.15) is 4.31 Å². The van der Waals surface area contributed by atoms with Crippen molar-refractivity contribution in [2.45, 2.75) is 30.8 Å². The van der Waals surface area contributed by atoms with Gasteiger partial charge in [0, 0.05) is 29.6 Å². The Bertz CT molecular complexity index is 569. The van der Waals surface area contributed by atoms with Gasteiger partial charge in [0.15, 0.2) is 0 Å². The summed E-state index contributed by atoms with van der Waals surface area (Å²) in [4.78, 5) is -0.267. The van der Waals surface area contributed by atoms with E-state index in [1.54, 1.807) is 0 Å². The SMILES string of the molecule is CC1CNCC(C)N1S(=O)(=O)c1ccc(Br)cc1F. The minimum absolute atomic E-state index is 0.197. The van der Waals surface area contributed by atoms with Crippen molar-refractivity contribution in [1.29, 1.82) is 0 Å². The van der Waals surface area contributed by atoms with Crippen molar-refractivity contribution >= 4 is 26.0 Å². The molecule has 0 aliphatic carbocycles. The highest BCUT2D eigenvalue weighted by Crippen LogP contribution is 2.26. The molecule has 1 aliphatic heterocycles. The summed E-state index contributed by atoms with van der Waals surface area (Å²) in [5.74, 6) is -0.729. The number of halogens is 2. The fourth-order valence-corrected chi connectivity index (χ4v) is 4.59. The Balaban J connectivity index is 2.46. The maximum Gasteiger partial charge on any atom is 0.246 e. The first-order valence-corrected chi connectivity index (χ1v) is 8.26. The second kappa shape index (κ2) is 5.47. The third-order valence-electron chi connectivity index (χ3n) is 3.20. The minimum atomic E-state index is -3.81. The van der Waals surface area contributed by atoms with E-state index in [0.29, 0.717) is 17.6 Å². The zero-order valence-electron chi connectivity index (χ0n) is 10.7. The van der Waals surface area contributed by atoms with Crippen LogP contribution in [0.3, 0.4) is 0 Å². The predicted molar refractivity (Wildman–Crippen MR) is 74.9 cm³/mol. The van der Waals surface area contributed by atoms with Gasteiger partial charge in [-0.15, -0.1) is 0 Å². The van der Waals surface area contributed by atoms with E-state index in [4.69, 9.17) is 0 Å². The summed E-state index contributed by atoms with van der Waals surface area (Å²) in [6.45, 7) is 4.78. The van der Waals surface area contributed by atoms with Crippen LogP contribution in [0.2, 0.25) is 0 Å². The molecule has 4 nitrogen and oxygen atoms in total. The van der Waals surface area contributed by atoms with Gasteiger partial charge in [-0.3, -0.25) is 0 Å². The van der Waals surface area contributed by atoms with E-state index in [-0.39, 0.29) is 17.0 Å². The molecular weight excluding hydrogens is 335 g/mol. The first-order chi connectivity index (χ1) is 8.84. The smallest absolute Gasteiger partial charge is 0.246 e. The number of nitrogens with one attached hydrogen (secondary N) is 1. The van der Waals surface area contributed by atoms with Crippen LogP contribution in [0.5, 0.6) is 0 Å². The molecule has 1 aliphatic rings. The van der Waals surface area contributed by atoms with Crippen molar-refractivity contribution < 1.29 is 12.8 Å². The van der Waals surface area contributed by atoms with E-state index in [9.17, 15) is 12.8 Å². The van der Waals surface area contributed by atoms with Gasteiger partial charge in [-0.05, 0) is 32.0 Å². The first-order valence-electron chi connectivity index (χ1n) is 6.03. The lowest BCUT2D eigenvalue weighted by atomic mass is 10.2. The molecule has 106 valence electrons. The Kier molecular flexibility index (Phi) is 4.29. The summed E-state index contributed by atoms with van der Waals surface area (Å²) in [5, 5.41) is 3.15.